The smallest absolute Gasteiger partial charge is 0.409 e. The highest BCUT2D eigenvalue weighted by Gasteiger charge is 2.31. The van der Waals surface area contributed by atoms with Crippen molar-refractivity contribution in [2.45, 2.75) is 12.6 Å². The monoisotopic (exact) mass is 413 g/mol. The number of carbonyl (C=O) groups excluding carboxylic acids is 2. The van der Waals surface area contributed by atoms with Gasteiger partial charge in [-0.1, -0.05) is 78.9 Å². The highest BCUT2D eigenvalue weighted by molar-refractivity contribution is 6.20. The molecule has 0 fully saturated rings. The zero-order valence-electron chi connectivity index (χ0n) is 17.2. The van der Waals surface area contributed by atoms with Crippen LogP contribution in [-0.2, 0) is 9.53 Å². The number of allylic oxidation sites excluding steroid dienone is 4. The Morgan fingerprint density at radius 3 is 2.74 bits per heavy atom. The third kappa shape index (κ3) is 4.64. The second-order valence-corrected chi connectivity index (χ2v) is 7.19. The molecule has 2 aromatic carbocycles. The van der Waals surface area contributed by atoms with Crippen molar-refractivity contribution in [2.75, 3.05) is 18.6 Å². The van der Waals surface area contributed by atoms with Crippen molar-refractivity contribution in [3.05, 3.63) is 102 Å². The van der Waals surface area contributed by atoms with Crippen LogP contribution in [-0.4, -0.2) is 37.5 Å². The molecule has 31 heavy (non-hydrogen) atoms. The molecule has 0 spiro atoms. The molecule has 2 amide bonds. The summed E-state index contributed by atoms with van der Waals surface area (Å²) in [4.78, 5) is 31.7. The van der Waals surface area contributed by atoms with Gasteiger partial charge in [-0.05, 0) is 18.1 Å². The summed E-state index contributed by atoms with van der Waals surface area (Å²) in [6, 6.07) is 17.2. The number of hydrogen-bond donors (Lipinski definition) is 1. The lowest BCUT2D eigenvalue weighted by atomic mass is 10.0. The molecule has 0 saturated heterocycles. The van der Waals surface area contributed by atoms with Crippen LogP contribution in [0.25, 0.3) is 0 Å². The quantitative estimate of drug-likeness (QED) is 0.824. The number of hydrogen-bond acceptors (Lipinski definition) is 4. The van der Waals surface area contributed by atoms with Gasteiger partial charge in [-0.3, -0.25) is 10.1 Å². The van der Waals surface area contributed by atoms with Gasteiger partial charge in [-0.15, -0.1) is 0 Å². The molecule has 1 atom stereocenters. The van der Waals surface area contributed by atoms with Gasteiger partial charge in [0.2, 0.25) is 6.17 Å². The Kier molecular flexibility index (Phi) is 6.08. The van der Waals surface area contributed by atoms with Gasteiger partial charge >= 0.3 is 6.09 Å². The average molecular weight is 413 g/mol. The molecule has 2 aliphatic rings. The molecular formula is C25H23N3O3. The Labute approximate surface area is 181 Å². The molecular weight excluding hydrogens is 390 g/mol. The van der Waals surface area contributed by atoms with Gasteiger partial charge in [-0.2, -0.15) is 0 Å². The third-order valence-electron chi connectivity index (χ3n) is 5.07. The predicted octanol–water partition coefficient (Wildman–Crippen LogP) is 4.00. The van der Waals surface area contributed by atoms with E-state index in [0.29, 0.717) is 5.71 Å². The number of alkyl carbamates (subject to hydrolysis) is 1. The van der Waals surface area contributed by atoms with E-state index >= 15 is 0 Å². The first-order valence-corrected chi connectivity index (χ1v) is 10.1. The first-order chi connectivity index (χ1) is 15.1. The van der Waals surface area contributed by atoms with Crippen molar-refractivity contribution in [3.63, 3.8) is 0 Å². The number of anilines is 1. The summed E-state index contributed by atoms with van der Waals surface area (Å²) < 4.78 is 5.34. The molecule has 6 nitrogen and oxygen atoms in total. The van der Waals surface area contributed by atoms with Crippen LogP contribution in [0.2, 0.25) is 0 Å². The number of likely N-dealkylation sites (N-methyl/N-ethyl adjacent to an activating group) is 1. The number of carbonyl (C=O) groups is 2. The summed E-state index contributed by atoms with van der Waals surface area (Å²) in [6.07, 6.45) is 8.79. The Hall–Kier alpha value is -3.93. The summed E-state index contributed by atoms with van der Waals surface area (Å²) in [5.41, 5.74) is 3.92. The van der Waals surface area contributed by atoms with Crippen molar-refractivity contribution in [1.82, 2.24) is 5.32 Å². The van der Waals surface area contributed by atoms with Crippen LogP contribution >= 0.6 is 0 Å². The fraction of sp³-hybridized carbons (Fsp3) is 0.160. The maximum atomic E-state index is 13.1. The molecule has 0 bridgehead atoms. The largest absolute Gasteiger partial charge is 0.445 e. The van der Waals surface area contributed by atoms with Crippen molar-refractivity contribution in [2.24, 2.45) is 4.99 Å². The second kappa shape index (κ2) is 9.26. The highest BCUT2D eigenvalue weighted by atomic mass is 16.5. The van der Waals surface area contributed by atoms with E-state index in [1.807, 2.05) is 85.0 Å². The number of aliphatic imine (C=N–C) groups is 1. The van der Waals surface area contributed by atoms with Gasteiger partial charge in [-0.25, -0.2) is 9.79 Å². The summed E-state index contributed by atoms with van der Waals surface area (Å²) in [5.74, 6) is -0.341. The lowest BCUT2D eigenvalue weighted by Gasteiger charge is -2.20. The van der Waals surface area contributed by atoms with Gasteiger partial charge in [0.25, 0.3) is 5.91 Å². The summed E-state index contributed by atoms with van der Waals surface area (Å²) in [6.45, 7) is 0.110. The number of para-hydroxylation sites is 1. The van der Waals surface area contributed by atoms with Crippen molar-refractivity contribution >= 4 is 23.4 Å². The normalized spacial score (nSPS) is 17.8. The SMILES string of the molecule is CN1C(=O)[C@H](NC(=O)OCC2=CC=CCC=C2)N=C(c2ccccc2)c2ccccc21. The van der Waals surface area contributed by atoms with Crippen LogP contribution in [0.5, 0.6) is 0 Å². The summed E-state index contributed by atoms with van der Waals surface area (Å²) >= 11 is 0. The van der Waals surface area contributed by atoms with E-state index in [4.69, 9.17) is 4.74 Å². The van der Waals surface area contributed by atoms with Crippen LogP contribution in [0.1, 0.15) is 17.5 Å². The summed E-state index contributed by atoms with van der Waals surface area (Å²) in [5, 5.41) is 2.62. The standard InChI is InChI=1S/C25H23N3O3/c1-28-21-16-10-9-15-20(21)22(19-13-7-4-8-14-19)26-23(24(28)29)27-25(30)31-17-18-11-5-2-3-6-12-18/h2,4-16,23H,3,17H2,1H3,(H,27,30)/t23-/m0/s1. The molecule has 1 N–H and O–H groups in total. The van der Waals surface area contributed by atoms with Crippen LogP contribution in [0.3, 0.4) is 0 Å². The number of benzodiazepines with no additional fused rings is 1. The number of fused-ring (bicyclic) bond motifs is 1. The first-order valence-electron chi connectivity index (χ1n) is 10.1. The molecule has 0 unspecified atom stereocenters. The molecule has 1 aliphatic carbocycles. The van der Waals surface area contributed by atoms with Gasteiger partial charge in [0, 0.05) is 18.2 Å². The van der Waals surface area contributed by atoms with Crippen LogP contribution in [0.4, 0.5) is 10.5 Å². The number of nitrogens with one attached hydrogen (secondary N) is 1. The molecule has 0 aromatic heterocycles. The van der Waals surface area contributed by atoms with Crippen LogP contribution in [0, 0.1) is 0 Å². The van der Waals surface area contributed by atoms with Gasteiger partial charge in [0.1, 0.15) is 6.61 Å². The Bertz CT molecular complexity index is 1100. The maximum Gasteiger partial charge on any atom is 0.409 e. The number of nitrogens with zero attached hydrogens (tertiary/aromatic N) is 2. The zero-order valence-corrected chi connectivity index (χ0v) is 17.2. The van der Waals surface area contributed by atoms with E-state index < -0.39 is 12.3 Å². The van der Waals surface area contributed by atoms with E-state index in [1.54, 1.807) is 7.05 Å². The Balaban J connectivity index is 1.59. The van der Waals surface area contributed by atoms with Crippen molar-refractivity contribution < 1.29 is 14.3 Å². The minimum absolute atomic E-state index is 0.110. The van der Waals surface area contributed by atoms with Gasteiger partial charge in [0.05, 0.1) is 11.4 Å². The van der Waals surface area contributed by atoms with Crippen molar-refractivity contribution in [3.8, 4) is 0 Å². The minimum Gasteiger partial charge on any atom is -0.445 e. The van der Waals surface area contributed by atoms with Gasteiger partial charge in [0.15, 0.2) is 0 Å². The third-order valence-corrected chi connectivity index (χ3v) is 5.07. The Morgan fingerprint density at radius 1 is 1.13 bits per heavy atom. The van der Waals surface area contributed by atoms with E-state index in [2.05, 4.69) is 10.3 Å². The van der Waals surface area contributed by atoms with Gasteiger partial charge < -0.3 is 9.64 Å². The topological polar surface area (TPSA) is 71.0 Å². The number of amides is 2. The minimum atomic E-state index is -1.10. The lowest BCUT2D eigenvalue weighted by Crippen LogP contribution is -2.46. The molecule has 0 saturated carbocycles. The molecule has 6 heteroatoms. The number of benzene rings is 2. The second-order valence-electron chi connectivity index (χ2n) is 7.19. The molecule has 1 aliphatic heterocycles. The highest BCUT2D eigenvalue weighted by Crippen LogP contribution is 2.27. The Morgan fingerprint density at radius 2 is 1.90 bits per heavy atom. The van der Waals surface area contributed by atoms with Crippen LogP contribution in [0.15, 0.2) is 95.5 Å². The number of ether oxygens (including phenoxy) is 1. The van der Waals surface area contributed by atoms with Crippen LogP contribution < -0.4 is 10.2 Å². The maximum absolute atomic E-state index is 13.1. The molecule has 156 valence electrons. The first kappa shape index (κ1) is 20.3. The summed E-state index contributed by atoms with van der Waals surface area (Å²) in [7, 11) is 1.68. The molecule has 0 radical (unpaired) electrons. The van der Waals surface area contributed by atoms with E-state index in [1.165, 1.54) is 4.90 Å². The fourth-order valence-electron chi connectivity index (χ4n) is 3.46. The molecule has 2 aromatic rings. The van der Waals surface area contributed by atoms with Crippen molar-refractivity contribution in [1.29, 1.82) is 0 Å². The van der Waals surface area contributed by atoms with E-state index in [0.717, 1.165) is 28.8 Å². The van der Waals surface area contributed by atoms with E-state index in [-0.39, 0.29) is 12.5 Å². The fourth-order valence-corrected chi connectivity index (χ4v) is 3.46. The average Bonchev–Trinajstić information content (AvgIpc) is 3.13. The molecule has 1 heterocycles. The zero-order chi connectivity index (χ0) is 21.6. The molecule has 4 rings (SSSR count). The lowest BCUT2D eigenvalue weighted by molar-refractivity contribution is -0.120. The van der Waals surface area contributed by atoms with E-state index in [9.17, 15) is 9.59 Å². The number of rotatable bonds is 4. The predicted molar refractivity (Wildman–Crippen MR) is 121 cm³/mol.